The Kier molecular flexibility index (Phi) is 3.87. The Morgan fingerprint density at radius 1 is 1.24 bits per heavy atom. The fraction of sp³-hybridized carbons (Fsp3) is 0.235. The molecule has 0 aliphatic rings. The second kappa shape index (κ2) is 5.77. The lowest BCUT2D eigenvalue weighted by Crippen LogP contribution is -2.24. The fourth-order valence-corrected chi connectivity index (χ4v) is 2.89. The van der Waals surface area contributed by atoms with Crippen LogP contribution in [0, 0.1) is 18.3 Å². The highest BCUT2D eigenvalue weighted by atomic mass is 19.4. The van der Waals surface area contributed by atoms with Crippen LogP contribution in [0.3, 0.4) is 0 Å². The first-order valence-electron chi connectivity index (χ1n) is 7.35. The zero-order valence-electron chi connectivity index (χ0n) is 13.4. The van der Waals surface area contributed by atoms with Crippen LogP contribution in [0.1, 0.15) is 22.4 Å². The highest BCUT2D eigenvalue weighted by Gasteiger charge is 2.35. The smallest absolute Gasteiger partial charge is 0.288 e. The number of halogens is 3. The molecule has 2 aromatic heterocycles. The Morgan fingerprint density at radius 3 is 2.44 bits per heavy atom. The van der Waals surface area contributed by atoms with Crippen molar-refractivity contribution in [3.63, 3.8) is 0 Å². The molecular formula is C17H13F3N4O. The molecule has 3 rings (SSSR count). The molecule has 0 spiro atoms. The van der Waals surface area contributed by atoms with Crippen molar-refractivity contribution in [2.45, 2.75) is 19.6 Å². The molecule has 0 radical (unpaired) electrons. The number of aromatic nitrogens is 3. The Hall–Kier alpha value is -3.08. The highest BCUT2D eigenvalue weighted by Crippen LogP contribution is 2.35. The van der Waals surface area contributed by atoms with Gasteiger partial charge in [0.1, 0.15) is 5.65 Å². The van der Waals surface area contributed by atoms with Gasteiger partial charge in [0.25, 0.3) is 5.56 Å². The van der Waals surface area contributed by atoms with Crippen LogP contribution in [0.5, 0.6) is 0 Å². The van der Waals surface area contributed by atoms with E-state index in [0.717, 1.165) is 0 Å². The van der Waals surface area contributed by atoms with Gasteiger partial charge in [-0.15, -0.1) is 0 Å². The Morgan fingerprint density at radius 2 is 1.88 bits per heavy atom. The molecule has 0 aliphatic heterocycles. The van der Waals surface area contributed by atoms with E-state index in [-0.39, 0.29) is 23.3 Å². The minimum absolute atomic E-state index is 0.0803. The lowest BCUT2D eigenvalue weighted by atomic mass is 10.1. The third-order valence-corrected chi connectivity index (χ3v) is 3.98. The van der Waals surface area contributed by atoms with E-state index in [2.05, 4.69) is 5.10 Å². The van der Waals surface area contributed by atoms with Crippen molar-refractivity contribution >= 4 is 11.0 Å². The van der Waals surface area contributed by atoms with Crippen molar-refractivity contribution in [1.82, 2.24) is 14.3 Å². The average molecular weight is 346 g/mol. The Balaban J connectivity index is 2.24. The van der Waals surface area contributed by atoms with Gasteiger partial charge in [-0.1, -0.05) is 12.1 Å². The highest BCUT2D eigenvalue weighted by molar-refractivity contribution is 5.83. The SMILES string of the molecule is Cc1nn(C)c2c1c(C(F)(F)F)cc(=O)n2Cc1ccc(C#N)cc1. The number of fused-ring (bicyclic) bond motifs is 1. The average Bonchev–Trinajstić information content (AvgIpc) is 2.84. The third kappa shape index (κ3) is 2.89. The summed E-state index contributed by atoms with van der Waals surface area (Å²) >= 11 is 0. The van der Waals surface area contributed by atoms with Crippen LogP contribution < -0.4 is 5.56 Å². The quantitative estimate of drug-likeness (QED) is 0.717. The maximum atomic E-state index is 13.3. The maximum absolute atomic E-state index is 13.3. The van der Waals surface area contributed by atoms with Gasteiger partial charge in [-0.3, -0.25) is 14.0 Å². The monoisotopic (exact) mass is 346 g/mol. The standard InChI is InChI=1S/C17H13F3N4O/c1-10-15-13(17(18,19)20)7-14(25)24(16(15)23(2)22-10)9-12-5-3-11(8-21)4-6-12/h3-7H,9H2,1-2H3. The molecule has 0 N–H and O–H groups in total. The molecule has 0 bridgehead atoms. The lowest BCUT2D eigenvalue weighted by molar-refractivity contribution is -0.136. The maximum Gasteiger partial charge on any atom is 0.417 e. The fourth-order valence-electron chi connectivity index (χ4n) is 2.89. The number of hydrogen-bond donors (Lipinski definition) is 0. The van der Waals surface area contributed by atoms with E-state index in [1.807, 2.05) is 6.07 Å². The predicted molar refractivity (Wildman–Crippen MR) is 85.0 cm³/mol. The summed E-state index contributed by atoms with van der Waals surface area (Å²) in [6.45, 7) is 1.56. The first kappa shape index (κ1) is 16.8. The van der Waals surface area contributed by atoms with Crippen LogP contribution >= 0.6 is 0 Å². The van der Waals surface area contributed by atoms with E-state index in [1.54, 1.807) is 24.3 Å². The van der Waals surface area contributed by atoms with Crippen LogP contribution in [0.15, 0.2) is 35.1 Å². The van der Waals surface area contributed by atoms with Crippen LogP contribution in [0.4, 0.5) is 13.2 Å². The van der Waals surface area contributed by atoms with Gasteiger partial charge in [0.15, 0.2) is 0 Å². The summed E-state index contributed by atoms with van der Waals surface area (Å²) in [5.74, 6) is 0. The van der Waals surface area contributed by atoms with Crippen molar-refractivity contribution in [2.24, 2.45) is 7.05 Å². The molecule has 0 atom stereocenters. The van der Waals surface area contributed by atoms with Crippen molar-refractivity contribution < 1.29 is 13.2 Å². The molecule has 1 aromatic carbocycles. The zero-order chi connectivity index (χ0) is 18.4. The van der Waals surface area contributed by atoms with Crippen molar-refractivity contribution in [2.75, 3.05) is 0 Å². The molecular weight excluding hydrogens is 333 g/mol. The summed E-state index contributed by atoms with van der Waals surface area (Å²) in [5, 5.41) is 12.8. The molecule has 0 saturated heterocycles. The number of alkyl halides is 3. The minimum Gasteiger partial charge on any atom is -0.288 e. The number of hydrogen-bond acceptors (Lipinski definition) is 3. The molecule has 8 heteroatoms. The largest absolute Gasteiger partial charge is 0.417 e. The summed E-state index contributed by atoms with van der Waals surface area (Å²) in [6, 6.07) is 9.12. The van der Waals surface area contributed by atoms with Crippen LogP contribution in [-0.4, -0.2) is 14.3 Å². The summed E-state index contributed by atoms with van der Waals surface area (Å²) in [5.41, 5.74) is -0.257. The molecule has 0 aliphatic carbocycles. The molecule has 2 heterocycles. The number of rotatable bonds is 2. The normalized spacial score (nSPS) is 11.7. The van der Waals surface area contributed by atoms with E-state index in [4.69, 9.17) is 5.26 Å². The second-order valence-electron chi connectivity index (χ2n) is 5.70. The lowest BCUT2D eigenvalue weighted by Gasteiger charge is -2.14. The van der Waals surface area contributed by atoms with Crippen LogP contribution in [-0.2, 0) is 19.8 Å². The van der Waals surface area contributed by atoms with Crippen LogP contribution in [0.2, 0.25) is 0 Å². The summed E-state index contributed by atoms with van der Waals surface area (Å²) in [4.78, 5) is 12.4. The van der Waals surface area contributed by atoms with Crippen molar-refractivity contribution in [1.29, 1.82) is 5.26 Å². The van der Waals surface area contributed by atoms with Crippen LogP contribution in [0.25, 0.3) is 11.0 Å². The molecule has 0 fully saturated rings. The molecule has 0 amide bonds. The number of pyridine rings is 1. The molecule has 128 valence electrons. The van der Waals surface area contributed by atoms with Gasteiger partial charge in [-0.2, -0.15) is 23.5 Å². The molecule has 0 unspecified atom stereocenters. The zero-order valence-corrected chi connectivity index (χ0v) is 13.4. The van der Waals surface area contributed by atoms with E-state index in [9.17, 15) is 18.0 Å². The van der Waals surface area contributed by atoms with Gasteiger partial charge in [-0.05, 0) is 24.6 Å². The van der Waals surface area contributed by atoms with E-state index in [1.165, 1.54) is 23.2 Å². The summed E-state index contributed by atoms with van der Waals surface area (Å²) in [7, 11) is 1.50. The van der Waals surface area contributed by atoms with Gasteiger partial charge in [0.05, 0.1) is 34.8 Å². The first-order valence-corrected chi connectivity index (χ1v) is 7.35. The van der Waals surface area contributed by atoms with Gasteiger partial charge >= 0.3 is 6.18 Å². The molecule has 5 nitrogen and oxygen atoms in total. The summed E-state index contributed by atoms with van der Waals surface area (Å²) in [6.07, 6.45) is -4.64. The molecule has 3 aromatic rings. The Bertz CT molecular complexity index is 1050. The number of nitriles is 1. The van der Waals surface area contributed by atoms with E-state index >= 15 is 0 Å². The summed E-state index contributed by atoms with van der Waals surface area (Å²) < 4.78 is 42.5. The molecule has 25 heavy (non-hydrogen) atoms. The third-order valence-electron chi connectivity index (χ3n) is 3.98. The van der Waals surface area contributed by atoms with Crippen molar-refractivity contribution in [3.05, 3.63) is 63.1 Å². The number of aryl methyl sites for hydroxylation is 2. The molecule has 0 saturated carbocycles. The van der Waals surface area contributed by atoms with Crippen molar-refractivity contribution in [3.8, 4) is 6.07 Å². The minimum atomic E-state index is -4.64. The van der Waals surface area contributed by atoms with Gasteiger partial charge < -0.3 is 0 Å². The van der Waals surface area contributed by atoms with E-state index in [0.29, 0.717) is 17.2 Å². The van der Waals surface area contributed by atoms with E-state index < -0.39 is 17.3 Å². The predicted octanol–water partition coefficient (Wildman–Crippen LogP) is 2.98. The second-order valence-corrected chi connectivity index (χ2v) is 5.70. The van der Waals surface area contributed by atoms with Gasteiger partial charge in [0.2, 0.25) is 0 Å². The Labute approximate surface area is 140 Å². The number of benzene rings is 1. The van der Waals surface area contributed by atoms with Gasteiger partial charge in [-0.25, -0.2) is 0 Å². The van der Waals surface area contributed by atoms with Gasteiger partial charge in [0, 0.05) is 13.1 Å². The first-order chi connectivity index (χ1) is 11.7. The topological polar surface area (TPSA) is 63.6 Å². The number of nitrogens with zero attached hydrogens (tertiary/aromatic N) is 4.